The maximum absolute atomic E-state index is 12.2. The molecule has 128 valence electrons. The number of hydrogen-bond acceptors (Lipinski definition) is 5. The van der Waals surface area contributed by atoms with Crippen molar-refractivity contribution in [1.82, 2.24) is 15.3 Å². The maximum Gasteiger partial charge on any atom is 0.230 e. The largest absolute Gasteiger partial charge is 0.348 e. The smallest absolute Gasteiger partial charge is 0.230 e. The SMILES string of the molecule is Cc1cc(-c2ccccc2)nc(SCC(=O)N[C@@H](C)c2cccs2)n1. The molecule has 0 saturated heterocycles. The third-order valence-corrected chi connectivity index (χ3v) is 5.49. The summed E-state index contributed by atoms with van der Waals surface area (Å²) in [6, 6.07) is 16.0. The van der Waals surface area contributed by atoms with Gasteiger partial charge in [-0.2, -0.15) is 0 Å². The first-order chi connectivity index (χ1) is 12.1. The number of amides is 1. The van der Waals surface area contributed by atoms with Crippen LogP contribution in [0.2, 0.25) is 0 Å². The Balaban J connectivity index is 1.63. The second-order valence-electron chi connectivity index (χ2n) is 5.64. The fourth-order valence-corrected chi connectivity index (χ4v) is 3.83. The predicted molar refractivity (Wildman–Crippen MR) is 104 cm³/mol. The highest BCUT2D eigenvalue weighted by molar-refractivity contribution is 7.99. The summed E-state index contributed by atoms with van der Waals surface area (Å²) >= 11 is 3.00. The first-order valence-corrected chi connectivity index (χ1v) is 9.85. The summed E-state index contributed by atoms with van der Waals surface area (Å²) in [7, 11) is 0. The molecular formula is C19H19N3OS2. The molecule has 1 aromatic carbocycles. The second-order valence-corrected chi connectivity index (χ2v) is 7.56. The van der Waals surface area contributed by atoms with E-state index >= 15 is 0 Å². The average Bonchev–Trinajstić information content (AvgIpc) is 3.15. The minimum absolute atomic E-state index is 0.0164. The van der Waals surface area contributed by atoms with Crippen molar-refractivity contribution >= 4 is 29.0 Å². The van der Waals surface area contributed by atoms with Crippen molar-refractivity contribution < 1.29 is 4.79 Å². The van der Waals surface area contributed by atoms with Gasteiger partial charge in [-0.3, -0.25) is 4.79 Å². The molecule has 1 amide bonds. The third-order valence-electron chi connectivity index (χ3n) is 3.58. The number of nitrogens with zero attached hydrogens (tertiary/aromatic N) is 2. The minimum Gasteiger partial charge on any atom is -0.348 e. The van der Waals surface area contributed by atoms with E-state index in [2.05, 4.69) is 15.3 Å². The molecule has 25 heavy (non-hydrogen) atoms. The Morgan fingerprint density at radius 1 is 1.20 bits per heavy atom. The molecule has 3 aromatic rings. The van der Waals surface area contributed by atoms with Crippen molar-refractivity contribution in [3.63, 3.8) is 0 Å². The highest BCUT2D eigenvalue weighted by Crippen LogP contribution is 2.22. The standard InChI is InChI=1S/C19H19N3OS2/c1-13-11-16(15-7-4-3-5-8-15)22-19(20-13)25-12-18(23)21-14(2)17-9-6-10-24-17/h3-11,14H,12H2,1-2H3,(H,21,23)/t14-/m0/s1. The van der Waals surface area contributed by atoms with Gasteiger partial charge < -0.3 is 5.32 Å². The molecule has 6 heteroatoms. The van der Waals surface area contributed by atoms with E-state index in [1.165, 1.54) is 11.8 Å². The molecule has 0 unspecified atom stereocenters. The maximum atomic E-state index is 12.2. The first-order valence-electron chi connectivity index (χ1n) is 7.98. The van der Waals surface area contributed by atoms with E-state index in [4.69, 9.17) is 0 Å². The summed E-state index contributed by atoms with van der Waals surface area (Å²) in [5.41, 5.74) is 2.82. The van der Waals surface area contributed by atoms with Crippen molar-refractivity contribution in [1.29, 1.82) is 0 Å². The van der Waals surface area contributed by atoms with Gasteiger partial charge in [0.1, 0.15) is 0 Å². The second kappa shape index (κ2) is 8.27. The molecule has 0 aliphatic rings. The van der Waals surface area contributed by atoms with Crippen molar-refractivity contribution in [2.75, 3.05) is 5.75 Å². The Bertz CT molecular complexity index is 835. The summed E-state index contributed by atoms with van der Waals surface area (Å²) in [4.78, 5) is 22.3. The molecule has 0 aliphatic carbocycles. The Labute approximate surface area is 155 Å². The van der Waals surface area contributed by atoms with Crippen LogP contribution in [0.25, 0.3) is 11.3 Å². The van der Waals surface area contributed by atoms with Crippen molar-refractivity contribution in [3.8, 4) is 11.3 Å². The van der Waals surface area contributed by atoms with Crippen LogP contribution in [0.15, 0.2) is 59.1 Å². The van der Waals surface area contributed by atoms with Crippen molar-refractivity contribution in [2.24, 2.45) is 0 Å². The van der Waals surface area contributed by atoms with Crippen LogP contribution < -0.4 is 5.32 Å². The van der Waals surface area contributed by atoms with E-state index in [1.807, 2.05) is 67.8 Å². The lowest BCUT2D eigenvalue weighted by molar-refractivity contribution is -0.119. The van der Waals surface area contributed by atoms with Crippen LogP contribution in [-0.2, 0) is 4.79 Å². The van der Waals surface area contributed by atoms with Gasteiger partial charge in [-0.15, -0.1) is 11.3 Å². The molecule has 1 N–H and O–H groups in total. The van der Waals surface area contributed by atoms with E-state index in [0.29, 0.717) is 10.9 Å². The molecule has 3 rings (SSSR count). The molecule has 2 heterocycles. The normalized spacial score (nSPS) is 11.9. The van der Waals surface area contributed by atoms with E-state index in [0.717, 1.165) is 21.8 Å². The van der Waals surface area contributed by atoms with Crippen molar-refractivity contribution in [3.05, 3.63) is 64.5 Å². The van der Waals surface area contributed by atoms with Crippen LogP contribution >= 0.6 is 23.1 Å². The van der Waals surface area contributed by atoms with Crippen LogP contribution in [0.3, 0.4) is 0 Å². The predicted octanol–water partition coefficient (Wildman–Crippen LogP) is 4.48. The zero-order valence-corrected chi connectivity index (χ0v) is 15.7. The summed E-state index contributed by atoms with van der Waals surface area (Å²) in [6.45, 7) is 3.93. The lowest BCUT2D eigenvalue weighted by Gasteiger charge is -2.12. The van der Waals surface area contributed by atoms with Gasteiger partial charge in [-0.1, -0.05) is 48.2 Å². The number of carbonyl (C=O) groups excluding carboxylic acids is 1. The Morgan fingerprint density at radius 2 is 2.00 bits per heavy atom. The molecule has 2 aromatic heterocycles. The molecule has 0 fully saturated rings. The fourth-order valence-electron chi connectivity index (χ4n) is 2.38. The van der Waals surface area contributed by atoms with Crippen LogP contribution in [0.5, 0.6) is 0 Å². The molecular weight excluding hydrogens is 350 g/mol. The molecule has 4 nitrogen and oxygen atoms in total. The van der Waals surface area contributed by atoms with Crippen LogP contribution in [0.4, 0.5) is 0 Å². The highest BCUT2D eigenvalue weighted by Gasteiger charge is 2.12. The lowest BCUT2D eigenvalue weighted by atomic mass is 10.1. The zero-order valence-electron chi connectivity index (χ0n) is 14.1. The van der Waals surface area contributed by atoms with Gasteiger partial charge in [0.15, 0.2) is 5.16 Å². The van der Waals surface area contributed by atoms with Gasteiger partial charge in [0.2, 0.25) is 5.91 Å². The van der Waals surface area contributed by atoms with Gasteiger partial charge in [-0.05, 0) is 31.4 Å². The third kappa shape index (κ3) is 4.90. The Hall–Kier alpha value is -2.18. The molecule has 1 atom stereocenters. The quantitative estimate of drug-likeness (QED) is 0.514. The summed E-state index contributed by atoms with van der Waals surface area (Å²) in [5.74, 6) is 0.283. The van der Waals surface area contributed by atoms with E-state index in [1.54, 1.807) is 11.3 Å². The number of benzene rings is 1. The lowest BCUT2D eigenvalue weighted by Crippen LogP contribution is -2.27. The average molecular weight is 370 g/mol. The zero-order chi connectivity index (χ0) is 17.6. The van der Waals surface area contributed by atoms with Crippen LogP contribution in [0.1, 0.15) is 23.5 Å². The number of aryl methyl sites for hydroxylation is 1. The fraction of sp³-hybridized carbons (Fsp3) is 0.211. The summed E-state index contributed by atoms with van der Waals surface area (Å²) < 4.78 is 0. The van der Waals surface area contributed by atoms with E-state index in [-0.39, 0.29) is 11.9 Å². The molecule has 0 bridgehead atoms. The van der Waals surface area contributed by atoms with Gasteiger partial charge in [-0.25, -0.2) is 9.97 Å². The van der Waals surface area contributed by atoms with Crippen LogP contribution in [-0.4, -0.2) is 21.6 Å². The number of aromatic nitrogens is 2. The van der Waals surface area contributed by atoms with Crippen molar-refractivity contribution in [2.45, 2.75) is 25.0 Å². The number of thioether (sulfide) groups is 1. The van der Waals surface area contributed by atoms with E-state index < -0.39 is 0 Å². The minimum atomic E-state index is -0.0164. The summed E-state index contributed by atoms with van der Waals surface area (Å²) in [6.07, 6.45) is 0. The summed E-state index contributed by atoms with van der Waals surface area (Å²) in [5, 5.41) is 5.64. The Morgan fingerprint density at radius 3 is 2.72 bits per heavy atom. The number of carbonyl (C=O) groups is 1. The van der Waals surface area contributed by atoms with Gasteiger partial charge in [0, 0.05) is 16.1 Å². The number of thiophene rings is 1. The monoisotopic (exact) mass is 369 g/mol. The number of rotatable bonds is 6. The van der Waals surface area contributed by atoms with E-state index in [9.17, 15) is 4.79 Å². The Kier molecular flexibility index (Phi) is 5.83. The topological polar surface area (TPSA) is 54.9 Å². The molecule has 0 spiro atoms. The van der Waals surface area contributed by atoms with Crippen LogP contribution in [0, 0.1) is 6.92 Å². The van der Waals surface area contributed by atoms with Gasteiger partial charge in [0.25, 0.3) is 0 Å². The number of nitrogens with one attached hydrogen (secondary N) is 1. The van der Waals surface area contributed by atoms with Gasteiger partial charge >= 0.3 is 0 Å². The van der Waals surface area contributed by atoms with Gasteiger partial charge in [0.05, 0.1) is 17.5 Å². The molecule has 0 saturated carbocycles. The molecule has 0 radical (unpaired) electrons. The highest BCUT2D eigenvalue weighted by atomic mass is 32.2. The number of hydrogen-bond donors (Lipinski definition) is 1. The first kappa shape index (κ1) is 17.6. The molecule has 0 aliphatic heterocycles.